The first-order valence-electron chi connectivity index (χ1n) is 6.20. The number of thiol groups is 1. The third kappa shape index (κ3) is 3.51. The van der Waals surface area contributed by atoms with Crippen LogP contribution in [-0.4, -0.2) is 27.2 Å². The zero-order chi connectivity index (χ0) is 14.9. The third-order valence-corrected chi connectivity index (χ3v) is 4.10. The fourth-order valence-electron chi connectivity index (χ4n) is 2.17. The molecule has 0 radical (unpaired) electrons. The van der Waals surface area contributed by atoms with Crippen LogP contribution >= 0.6 is 19.8 Å². The summed E-state index contributed by atoms with van der Waals surface area (Å²) in [4.78, 5) is 24.7. The molecule has 1 aromatic rings. The molecule has 0 aliphatic carbocycles. The Kier molecular flexibility index (Phi) is 5.04. The van der Waals surface area contributed by atoms with E-state index in [9.17, 15) is 4.79 Å². The van der Waals surface area contributed by atoms with E-state index in [0.717, 1.165) is 5.56 Å². The van der Waals surface area contributed by atoms with Gasteiger partial charge in [-0.05, 0) is 19.3 Å². The van der Waals surface area contributed by atoms with Crippen LogP contribution in [0.3, 0.4) is 0 Å². The van der Waals surface area contributed by atoms with Crippen LogP contribution in [-0.2, 0) is 9.26 Å². The molecule has 2 unspecified atom stereocenters. The average molecular weight is 319 g/mol. The van der Waals surface area contributed by atoms with E-state index < -0.39 is 13.3 Å². The quantitative estimate of drug-likeness (QED) is 0.570. The number of nitrogens with two attached hydrogens (primary N) is 1. The van der Waals surface area contributed by atoms with Gasteiger partial charge in [0.2, 0.25) is 7.58 Å². The Morgan fingerprint density at radius 3 is 3.10 bits per heavy atom. The third-order valence-electron chi connectivity index (χ3n) is 3.38. The summed E-state index contributed by atoms with van der Waals surface area (Å²) in [5.41, 5.74) is 5.91. The zero-order valence-corrected chi connectivity index (χ0v) is 13.1. The predicted molar refractivity (Wildman–Crippen MR) is 79.4 cm³/mol. The topological polar surface area (TPSA) is 99.6 Å². The number of nitrogens with zero attached hydrogens (tertiary/aromatic N) is 2. The molecule has 0 bridgehead atoms. The van der Waals surface area contributed by atoms with Gasteiger partial charge in [-0.3, -0.25) is 4.57 Å². The van der Waals surface area contributed by atoms with Gasteiger partial charge in [0.15, 0.2) is 0 Å². The summed E-state index contributed by atoms with van der Waals surface area (Å²) in [6, 6.07) is 0. The molecule has 0 amide bonds. The summed E-state index contributed by atoms with van der Waals surface area (Å²) in [5, 5.41) is 0. The molecule has 20 heavy (non-hydrogen) atoms. The fraction of sp³-hybridized carbons (Fsp3) is 0.636. The summed E-state index contributed by atoms with van der Waals surface area (Å²) in [7, 11) is -1.70. The van der Waals surface area contributed by atoms with Crippen molar-refractivity contribution in [1.29, 1.82) is 0 Å². The summed E-state index contributed by atoms with van der Waals surface area (Å²) in [5.74, 6) is 0.436. The van der Waals surface area contributed by atoms with Gasteiger partial charge in [0.1, 0.15) is 12.0 Å². The van der Waals surface area contributed by atoms with Crippen LogP contribution in [0.4, 0.5) is 5.82 Å². The highest BCUT2D eigenvalue weighted by atomic mass is 32.7. The number of aryl methyl sites for hydroxylation is 1. The Hall–Kier alpha value is -0.660. The highest BCUT2D eigenvalue weighted by molar-refractivity contribution is 8.41. The van der Waals surface area contributed by atoms with Crippen LogP contribution in [0.2, 0.25) is 0 Å². The maximum Gasteiger partial charge on any atom is 0.351 e. The van der Waals surface area contributed by atoms with Gasteiger partial charge in [0.05, 0.1) is 12.7 Å². The first-order valence-corrected chi connectivity index (χ1v) is 8.56. The van der Waals surface area contributed by atoms with Gasteiger partial charge in [-0.1, -0.05) is 19.2 Å². The van der Waals surface area contributed by atoms with Crippen LogP contribution in [0.25, 0.3) is 0 Å². The van der Waals surface area contributed by atoms with E-state index in [2.05, 4.69) is 17.2 Å². The van der Waals surface area contributed by atoms with Crippen molar-refractivity contribution in [2.45, 2.75) is 32.6 Å². The maximum absolute atomic E-state index is 11.9. The van der Waals surface area contributed by atoms with Crippen molar-refractivity contribution in [2.24, 2.45) is 5.92 Å². The summed E-state index contributed by atoms with van der Waals surface area (Å²) < 4.78 is 12.3. The van der Waals surface area contributed by atoms with Crippen LogP contribution in [0.15, 0.2) is 11.0 Å². The van der Waals surface area contributed by atoms with Crippen molar-refractivity contribution in [3.8, 4) is 0 Å². The SMILES string of the molecule is Cc1cn([C@H]2CC(C)[C@@H](COP(O)S)O2)c(=O)nc1N. The van der Waals surface area contributed by atoms with E-state index in [4.69, 9.17) is 19.9 Å². The first kappa shape index (κ1) is 15.7. The van der Waals surface area contributed by atoms with Gasteiger partial charge >= 0.3 is 5.69 Å². The van der Waals surface area contributed by atoms with Crippen molar-refractivity contribution in [2.75, 3.05) is 12.3 Å². The Bertz CT molecular complexity index is 539. The molecule has 2 heterocycles. The molecule has 3 N–H and O–H groups in total. The van der Waals surface area contributed by atoms with Crippen LogP contribution in [0.1, 0.15) is 25.1 Å². The second-order valence-electron chi connectivity index (χ2n) is 4.89. The number of rotatable bonds is 4. The van der Waals surface area contributed by atoms with E-state index in [1.807, 2.05) is 6.92 Å². The summed E-state index contributed by atoms with van der Waals surface area (Å²) >= 11 is 3.80. The molecule has 2 rings (SSSR count). The molecule has 1 aromatic heterocycles. The first-order chi connectivity index (χ1) is 9.38. The van der Waals surface area contributed by atoms with E-state index in [0.29, 0.717) is 6.42 Å². The van der Waals surface area contributed by atoms with Crippen LogP contribution in [0.5, 0.6) is 0 Å². The largest absolute Gasteiger partial charge is 0.383 e. The lowest BCUT2D eigenvalue weighted by Gasteiger charge is -2.17. The standard InChI is InChI=1S/C11H18N3O4PS/c1-6-3-9(18-8(6)5-17-19(16)20)14-4-7(2)10(12)13-11(14)15/h4,6,8-9,16,20H,3,5H2,1-2H3,(H2,12,13,15)/t6?,8-,9-,19?/m1/s1. The molecule has 1 aliphatic rings. The number of hydrogen-bond acceptors (Lipinski definition) is 7. The van der Waals surface area contributed by atoms with E-state index >= 15 is 0 Å². The Balaban J connectivity index is 2.12. The van der Waals surface area contributed by atoms with Crippen molar-refractivity contribution in [3.63, 3.8) is 0 Å². The van der Waals surface area contributed by atoms with Crippen molar-refractivity contribution in [3.05, 3.63) is 22.2 Å². The average Bonchev–Trinajstić information content (AvgIpc) is 2.72. The number of hydrogen-bond donors (Lipinski definition) is 3. The minimum absolute atomic E-state index is 0.186. The highest BCUT2D eigenvalue weighted by Gasteiger charge is 2.34. The molecule has 112 valence electrons. The number of ether oxygens (including phenoxy) is 1. The monoisotopic (exact) mass is 319 g/mol. The highest BCUT2D eigenvalue weighted by Crippen LogP contribution is 2.39. The molecular weight excluding hydrogens is 301 g/mol. The van der Waals surface area contributed by atoms with E-state index in [-0.39, 0.29) is 30.7 Å². The second-order valence-corrected chi connectivity index (χ2v) is 6.68. The van der Waals surface area contributed by atoms with Crippen LogP contribution in [0, 0.1) is 12.8 Å². The molecule has 1 saturated heterocycles. The summed E-state index contributed by atoms with van der Waals surface area (Å²) in [6.45, 7) is 4.05. The van der Waals surface area contributed by atoms with Gasteiger partial charge in [-0.25, -0.2) is 4.79 Å². The lowest BCUT2D eigenvalue weighted by molar-refractivity contribution is -0.0255. The van der Waals surface area contributed by atoms with Crippen molar-refractivity contribution in [1.82, 2.24) is 9.55 Å². The normalized spacial score (nSPS) is 27.7. The molecule has 7 nitrogen and oxygen atoms in total. The van der Waals surface area contributed by atoms with Gasteiger partial charge in [0, 0.05) is 11.8 Å². The minimum atomic E-state index is -1.70. The second kappa shape index (κ2) is 6.41. The predicted octanol–water partition coefficient (Wildman–Crippen LogP) is 1.22. The fourth-order valence-corrected chi connectivity index (χ4v) is 2.65. The van der Waals surface area contributed by atoms with Gasteiger partial charge in [-0.2, -0.15) is 4.98 Å². The smallest absolute Gasteiger partial charge is 0.351 e. The lowest BCUT2D eigenvalue weighted by atomic mass is 10.0. The van der Waals surface area contributed by atoms with Gasteiger partial charge in [0.25, 0.3) is 0 Å². The molecular formula is C11H18N3O4PS. The minimum Gasteiger partial charge on any atom is -0.383 e. The maximum atomic E-state index is 11.9. The molecule has 9 heteroatoms. The van der Waals surface area contributed by atoms with Crippen LogP contribution < -0.4 is 11.4 Å². The van der Waals surface area contributed by atoms with Crippen molar-refractivity contribution >= 4 is 25.6 Å². The van der Waals surface area contributed by atoms with Gasteiger partial charge < -0.3 is 19.9 Å². The molecule has 0 aromatic carbocycles. The van der Waals surface area contributed by atoms with Crippen molar-refractivity contribution < 1.29 is 14.2 Å². The Morgan fingerprint density at radius 2 is 2.45 bits per heavy atom. The Labute approximate surface area is 123 Å². The van der Waals surface area contributed by atoms with Gasteiger partial charge in [-0.15, -0.1) is 0 Å². The molecule has 0 spiro atoms. The molecule has 1 aliphatic heterocycles. The molecule has 4 atom stereocenters. The number of aromatic nitrogens is 2. The van der Waals surface area contributed by atoms with E-state index in [1.165, 1.54) is 4.57 Å². The van der Waals surface area contributed by atoms with E-state index in [1.54, 1.807) is 13.1 Å². The number of anilines is 1. The number of nitrogen functional groups attached to an aromatic ring is 1. The lowest BCUT2D eigenvalue weighted by Crippen LogP contribution is -2.28. The summed E-state index contributed by atoms with van der Waals surface area (Å²) in [6.07, 6.45) is 1.76. The Morgan fingerprint density at radius 1 is 1.75 bits per heavy atom. The molecule has 1 fully saturated rings. The zero-order valence-electron chi connectivity index (χ0n) is 11.3. The molecule has 0 saturated carbocycles.